The quantitative estimate of drug-likeness (QED) is 0.293. The van der Waals surface area contributed by atoms with E-state index in [9.17, 15) is 8.42 Å². The molecule has 0 aliphatic carbocycles. The van der Waals surface area contributed by atoms with Crippen LogP contribution in [0.4, 0.5) is 11.6 Å². The number of nitrogens with two attached hydrogens (primary N) is 1. The number of ether oxygens (including phenoxy) is 2. The summed E-state index contributed by atoms with van der Waals surface area (Å²) in [6, 6.07) is 13.0. The van der Waals surface area contributed by atoms with Crippen LogP contribution in [0.5, 0.6) is 11.5 Å². The lowest BCUT2D eigenvalue weighted by Crippen LogP contribution is -2.19. The molecule has 8 nitrogen and oxygen atoms in total. The Morgan fingerprint density at radius 3 is 2.41 bits per heavy atom. The van der Waals surface area contributed by atoms with Crippen LogP contribution in [0.2, 0.25) is 5.02 Å². The SMILES string of the molecule is CC(C)(c1ccc(OCc2ccnc(NS(C)(=O)=O)n2)cc1)c1cc(N)c(OCCCl)c(Cl)c1. The van der Waals surface area contributed by atoms with Gasteiger partial charge in [0.15, 0.2) is 5.75 Å². The van der Waals surface area contributed by atoms with Gasteiger partial charge in [0, 0.05) is 11.6 Å². The largest absolute Gasteiger partial charge is 0.489 e. The second-order valence-electron chi connectivity index (χ2n) is 8.10. The van der Waals surface area contributed by atoms with E-state index in [0.717, 1.165) is 17.4 Å². The number of nitrogens with zero attached hydrogens (tertiary/aromatic N) is 2. The number of nitrogen functional groups attached to an aromatic ring is 1. The minimum Gasteiger partial charge on any atom is -0.489 e. The molecule has 0 amide bonds. The maximum atomic E-state index is 11.4. The molecule has 0 radical (unpaired) electrons. The van der Waals surface area contributed by atoms with Crippen molar-refractivity contribution in [3.63, 3.8) is 0 Å². The third-order valence-corrected chi connectivity index (χ3v) is 6.06. The Balaban J connectivity index is 1.72. The molecule has 1 aromatic heterocycles. The van der Waals surface area contributed by atoms with E-state index < -0.39 is 10.0 Å². The second-order valence-corrected chi connectivity index (χ2v) is 10.6. The number of hydrogen-bond acceptors (Lipinski definition) is 7. The zero-order valence-corrected chi connectivity index (χ0v) is 21.3. The van der Waals surface area contributed by atoms with Gasteiger partial charge >= 0.3 is 0 Å². The number of halogens is 2. The summed E-state index contributed by atoms with van der Waals surface area (Å²) in [6.07, 6.45) is 2.50. The Bertz CT molecular complexity index is 1230. The van der Waals surface area contributed by atoms with Gasteiger partial charge in [0.05, 0.1) is 28.5 Å². The van der Waals surface area contributed by atoms with Crippen molar-refractivity contribution in [3.05, 3.63) is 70.5 Å². The third-order valence-electron chi connectivity index (χ3n) is 5.07. The monoisotopic (exact) mass is 524 g/mol. The first-order valence-corrected chi connectivity index (χ1v) is 13.1. The fourth-order valence-electron chi connectivity index (χ4n) is 3.25. The summed E-state index contributed by atoms with van der Waals surface area (Å²) in [5, 5.41) is 0.433. The first-order chi connectivity index (χ1) is 16.0. The summed E-state index contributed by atoms with van der Waals surface area (Å²) in [4.78, 5) is 8.03. The zero-order chi connectivity index (χ0) is 24.9. The lowest BCUT2D eigenvalue weighted by atomic mass is 9.78. The number of nitrogens with one attached hydrogen (secondary N) is 1. The molecule has 0 atom stereocenters. The fourth-order valence-corrected chi connectivity index (χ4v) is 4.04. The molecular weight excluding hydrogens is 499 g/mol. The Kier molecular flexibility index (Phi) is 8.12. The molecule has 2 aromatic carbocycles. The molecule has 0 aliphatic heterocycles. The van der Waals surface area contributed by atoms with Gasteiger partial charge in [-0.1, -0.05) is 37.6 Å². The summed E-state index contributed by atoms with van der Waals surface area (Å²) < 4.78 is 36.3. The zero-order valence-electron chi connectivity index (χ0n) is 19.0. The Morgan fingerprint density at radius 1 is 1.09 bits per heavy atom. The van der Waals surface area contributed by atoms with E-state index in [1.165, 1.54) is 6.20 Å². The summed E-state index contributed by atoms with van der Waals surface area (Å²) in [5.74, 6) is 1.41. The van der Waals surface area contributed by atoms with Crippen LogP contribution in [0.25, 0.3) is 0 Å². The van der Waals surface area contributed by atoms with E-state index in [-0.39, 0.29) is 18.0 Å². The van der Waals surface area contributed by atoms with Crippen LogP contribution in [0.3, 0.4) is 0 Å². The Hall–Kier alpha value is -2.75. The molecular formula is C23H26Cl2N4O4S. The molecule has 0 spiro atoms. The van der Waals surface area contributed by atoms with Crippen LogP contribution in [0.15, 0.2) is 48.7 Å². The smallest absolute Gasteiger partial charge is 0.236 e. The van der Waals surface area contributed by atoms with E-state index >= 15 is 0 Å². The van der Waals surface area contributed by atoms with E-state index in [2.05, 4.69) is 28.5 Å². The van der Waals surface area contributed by atoms with Crippen molar-refractivity contribution in [1.29, 1.82) is 0 Å². The molecule has 0 aliphatic rings. The van der Waals surface area contributed by atoms with Crippen LogP contribution < -0.4 is 19.9 Å². The highest BCUT2D eigenvalue weighted by Gasteiger charge is 2.25. The third kappa shape index (κ3) is 6.65. The minimum atomic E-state index is -3.46. The molecule has 1 heterocycles. The first-order valence-electron chi connectivity index (χ1n) is 10.3. The van der Waals surface area contributed by atoms with Gasteiger partial charge in [0.2, 0.25) is 16.0 Å². The summed E-state index contributed by atoms with van der Waals surface area (Å²) in [6.45, 7) is 4.62. The highest BCUT2D eigenvalue weighted by molar-refractivity contribution is 7.91. The molecule has 182 valence electrons. The van der Waals surface area contributed by atoms with Gasteiger partial charge in [0.25, 0.3) is 0 Å². The highest BCUT2D eigenvalue weighted by Crippen LogP contribution is 2.40. The standard InChI is InChI=1S/C23H26Cl2N4O4S/c1-23(2,16-12-19(25)21(20(26)13-16)32-11-9-24)15-4-6-18(7-5-15)33-14-17-8-10-27-22(28-17)29-34(3,30)31/h4-8,10,12-13H,9,11,14,26H2,1-3H3,(H,27,28,29). The molecule has 3 rings (SSSR count). The lowest BCUT2D eigenvalue weighted by Gasteiger charge is -2.27. The first kappa shape index (κ1) is 25.9. The van der Waals surface area contributed by atoms with Crippen molar-refractivity contribution in [2.75, 3.05) is 29.2 Å². The minimum absolute atomic E-state index is 0.00212. The van der Waals surface area contributed by atoms with Gasteiger partial charge in [-0.25, -0.2) is 18.4 Å². The normalized spacial score (nSPS) is 11.8. The van der Waals surface area contributed by atoms with E-state index in [4.69, 9.17) is 38.4 Å². The van der Waals surface area contributed by atoms with Crippen LogP contribution in [-0.2, 0) is 22.0 Å². The fraction of sp³-hybridized carbons (Fsp3) is 0.304. The van der Waals surface area contributed by atoms with Gasteiger partial charge in [-0.2, -0.15) is 0 Å². The van der Waals surface area contributed by atoms with E-state index in [1.54, 1.807) is 6.07 Å². The van der Waals surface area contributed by atoms with Gasteiger partial charge < -0.3 is 15.2 Å². The van der Waals surface area contributed by atoms with Crippen LogP contribution >= 0.6 is 23.2 Å². The van der Waals surface area contributed by atoms with Crippen molar-refractivity contribution in [2.45, 2.75) is 25.9 Å². The van der Waals surface area contributed by atoms with Gasteiger partial charge in [-0.05, 0) is 41.5 Å². The molecule has 0 saturated heterocycles. The van der Waals surface area contributed by atoms with Crippen LogP contribution in [0.1, 0.15) is 30.7 Å². The van der Waals surface area contributed by atoms with Gasteiger partial charge in [-0.3, -0.25) is 4.72 Å². The molecule has 11 heteroatoms. The van der Waals surface area contributed by atoms with Gasteiger partial charge in [-0.15, -0.1) is 11.6 Å². The molecule has 3 N–H and O–H groups in total. The second kappa shape index (κ2) is 10.7. The number of hydrogen-bond donors (Lipinski definition) is 2. The van der Waals surface area contributed by atoms with Crippen molar-refractivity contribution in [1.82, 2.24) is 9.97 Å². The molecule has 0 saturated carbocycles. The topological polar surface area (TPSA) is 116 Å². The Morgan fingerprint density at radius 2 is 1.79 bits per heavy atom. The maximum absolute atomic E-state index is 11.4. The molecule has 34 heavy (non-hydrogen) atoms. The van der Waals surface area contributed by atoms with Crippen LogP contribution in [-0.4, -0.2) is 37.1 Å². The van der Waals surface area contributed by atoms with E-state index in [1.807, 2.05) is 36.4 Å². The maximum Gasteiger partial charge on any atom is 0.236 e. The summed E-state index contributed by atoms with van der Waals surface area (Å²) in [7, 11) is -3.46. The molecule has 3 aromatic rings. The van der Waals surface area contributed by atoms with Crippen molar-refractivity contribution >= 4 is 44.9 Å². The summed E-state index contributed by atoms with van der Waals surface area (Å²) in [5.41, 5.74) is 8.75. The highest BCUT2D eigenvalue weighted by atomic mass is 35.5. The predicted molar refractivity (Wildman–Crippen MR) is 135 cm³/mol. The average Bonchev–Trinajstić information content (AvgIpc) is 2.76. The van der Waals surface area contributed by atoms with E-state index in [0.29, 0.717) is 40.4 Å². The number of aromatic nitrogens is 2. The van der Waals surface area contributed by atoms with Crippen molar-refractivity contribution in [2.24, 2.45) is 0 Å². The predicted octanol–water partition coefficient (Wildman–Crippen LogP) is 4.61. The number of alkyl halides is 1. The van der Waals surface area contributed by atoms with Crippen molar-refractivity contribution in [3.8, 4) is 11.5 Å². The van der Waals surface area contributed by atoms with Crippen molar-refractivity contribution < 1.29 is 17.9 Å². The number of rotatable bonds is 10. The number of anilines is 2. The molecule has 0 bridgehead atoms. The number of sulfonamides is 1. The average molecular weight is 525 g/mol. The molecule has 0 fully saturated rings. The van der Waals surface area contributed by atoms with Gasteiger partial charge in [0.1, 0.15) is 19.0 Å². The Labute approximate surface area is 209 Å². The lowest BCUT2D eigenvalue weighted by molar-refractivity contribution is 0.301. The number of benzene rings is 2. The molecule has 0 unspecified atom stereocenters. The van der Waals surface area contributed by atoms with Crippen LogP contribution in [0, 0.1) is 0 Å². The summed E-state index contributed by atoms with van der Waals surface area (Å²) >= 11 is 12.1.